The van der Waals surface area contributed by atoms with Gasteiger partial charge in [0.25, 0.3) is 0 Å². The smallest absolute Gasteiger partial charge is 0.328 e. The number of rotatable bonds is 8. The number of halogens is 4. The van der Waals surface area contributed by atoms with Gasteiger partial charge in [0.2, 0.25) is 5.91 Å². The predicted octanol–water partition coefficient (Wildman–Crippen LogP) is 3.65. The lowest BCUT2D eigenvalue weighted by Gasteiger charge is -2.29. The van der Waals surface area contributed by atoms with E-state index in [0.717, 1.165) is 0 Å². The van der Waals surface area contributed by atoms with Crippen LogP contribution in [0.4, 0.5) is 0 Å². The topological polar surface area (TPSA) is 46.6 Å². The Labute approximate surface area is 146 Å². The zero-order valence-electron chi connectivity index (χ0n) is 12.5. The standard InChI is InChI=1S/C13H21Cl4NO3/c1-7(11(14)15)5-9(13(20)21-4)18(3)10(19)6-8(2)12(16)17/h7-9,11-12H,5-6H2,1-4H3/t7-,8-,9+/m0/s1. The first kappa shape index (κ1) is 21.1. The van der Waals surface area contributed by atoms with Gasteiger partial charge in [0, 0.05) is 13.5 Å². The number of methoxy groups -OCH3 is 1. The van der Waals surface area contributed by atoms with Crippen LogP contribution in [0.3, 0.4) is 0 Å². The summed E-state index contributed by atoms with van der Waals surface area (Å²) in [7, 11) is 2.81. The lowest BCUT2D eigenvalue weighted by molar-refractivity contribution is -0.152. The van der Waals surface area contributed by atoms with Gasteiger partial charge in [-0.25, -0.2) is 4.79 Å². The van der Waals surface area contributed by atoms with E-state index in [4.69, 9.17) is 51.1 Å². The lowest BCUT2D eigenvalue weighted by Crippen LogP contribution is -2.45. The monoisotopic (exact) mass is 379 g/mol. The minimum Gasteiger partial charge on any atom is -0.467 e. The molecule has 0 aromatic carbocycles. The number of amides is 1. The molecule has 0 aromatic heterocycles. The van der Waals surface area contributed by atoms with E-state index in [1.54, 1.807) is 13.8 Å². The van der Waals surface area contributed by atoms with Crippen molar-refractivity contribution in [3.8, 4) is 0 Å². The molecular formula is C13H21Cl4NO3. The second kappa shape index (κ2) is 9.98. The maximum Gasteiger partial charge on any atom is 0.328 e. The predicted molar refractivity (Wildman–Crippen MR) is 87.1 cm³/mol. The average Bonchev–Trinajstić information content (AvgIpc) is 2.42. The molecular weight excluding hydrogens is 360 g/mol. The van der Waals surface area contributed by atoms with Gasteiger partial charge < -0.3 is 9.64 Å². The van der Waals surface area contributed by atoms with Crippen LogP contribution in [-0.2, 0) is 14.3 Å². The van der Waals surface area contributed by atoms with Gasteiger partial charge in [-0.1, -0.05) is 13.8 Å². The molecule has 0 aliphatic heterocycles. The third-order valence-electron chi connectivity index (χ3n) is 3.29. The van der Waals surface area contributed by atoms with E-state index >= 15 is 0 Å². The molecule has 0 unspecified atom stereocenters. The lowest BCUT2D eigenvalue weighted by atomic mass is 10.0. The molecule has 21 heavy (non-hydrogen) atoms. The number of likely N-dealkylation sites (N-methyl/N-ethyl adjacent to an activating group) is 1. The molecule has 0 radical (unpaired) electrons. The minimum atomic E-state index is -0.742. The van der Waals surface area contributed by atoms with Crippen molar-refractivity contribution in [2.24, 2.45) is 11.8 Å². The van der Waals surface area contributed by atoms with Crippen LogP contribution in [0.5, 0.6) is 0 Å². The largest absolute Gasteiger partial charge is 0.467 e. The number of alkyl halides is 4. The fourth-order valence-corrected chi connectivity index (χ4v) is 2.07. The number of esters is 1. The molecule has 0 saturated heterocycles. The van der Waals surface area contributed by atoms with Crippen molar-refractivity contribution in [3.05, 3.63) is 0 Å². The molecule has 0 aliphatic carbocycles. The molecule has 0 N–H and O–H groups in total. The van der Waals surface area contributed by atoms with E-state index in [1.807, 2.05) is 0 Å². The third kappa shape index (κ3) is 7.27. The molecule has 0 fully saturated rings. The van der Waals surface area contributed by atoms with Gasteiger partial charge in [-0.3, -0.25) is 4.79 Å². The molecule has 0 heterocycles. The summed E-state index contributed by atoms with van der Waals surface area (Å²) in [6, 6.07) is -0.742. The summed E-state index contributed by atoms with van der Waals surface area (Å²) in [5.41, 5.74) is 0. The number of nitrogens with zero attached hydrogens (tertiary/aromatic N) is 1. The van der Waals surface area contributed by atoms with Crippen LogP contribution in [0.15, 0.2) is 0 Å². The molecule has 3 atom stereocenters. The Bertz CT molecular complexity index is 352. The Morgan fingerprint density at radius 1 is 1.05 bits per heavy atom. The van der Waals surface area contributed by atoms with Crippen LogP contribution in [0, 0.1) is 11.8 Å². The van der Waals surface area contributed by atoms with E-state index in [0.29, 0.717) is 6.42 Å². The molecule has 0 aliphatic rings. The van der Waals surface area contributed by atoms with Gasteiger partial charge >= 0.3 is 5.97 Å². The van der Waals surface area contributed by atoms with E-state index in [2.05, 4.69) is 0 Å². The highest BCUT2D eigenvalue weighted by molar-refractivity contribution is 6.44. The Balaban J connectivity index is 4.90. The molecule has 0 aromatic rings. The van der Waals surface area contributed by atoms with Crippen molar-refractivity contribution in [1.29, 1.82) is 0 Å². The Kier molecular flexibility index (Phi) is 10.0. The van der Waals surface area contributed by atoms with Crippen molar-refractivity contribution < 1.29 is 14.3 Å². The molecule has 0 bridgehead atoms. The average molecular weight is 381 g/mol. The summed E-state index contributed by atoms with van der Waals surface area (Å²) < 4.78 is 4.75. The van der Waals surface area contributed by atoms with Crippen molar-refractivity contribution in [2.45, 2.75) is 42.4 Å². The van der Waals surface area contributed by atoms with Crippen molar-refractivity contribution >= 4 is 58.3 Å². The highest BCUT2D eigenvalue weighted by Crippen LogP contribution is 2.24. The molecule has 4 nitrogen and oxygen atoms in total. The van der Waals surface area contributed by atoms with Gasteiger partial charge in [0.15, 0.2) is 0 Å². The first-order chi connectivity index (χ1) is 9.61. The van der Waals surface area contributed by atoms with Gasteiger partial charge in [-0.15, -0.1) is 46.4 Å². The van der Waals surface area contributed by atoms with Gasteiger partial charge in [0.05, 0.1) is 7.11 Å². The SMILES string of the molecule is COC(=O)[C@@H](C[C@H](C)C(Cl)Cl)N(C)C(=O)C[C@H](C)C(Cl)Cl. The van der Waals surface area contributed by atoms with Crippen LogP contribution in [0.1, 0.15) is 26.7 Å². The summed E-state index contributed by atoms with van der Waals surface area (Å²) in [5, 5.41) is 0. The first-order valence-electron chi connectivity index (χ1n) is 6.51. The second-order valence-electron chi connectivity index (χ2n) is 5.11. The van der Waals surface area contributed by atoms with Crippen molar-refractivity contribution in [1.82, 2.24) is 4.90 Å². The number of ether oxygens (including phenoxy) is 1. The fraction of sp³-hybridized carbons (Fsp3) is 0.846. The molecule has 0 saturated carbocycles. The summed E-state index contributed by atoms with van der Waals surface area (Å²) in [6.45, 7) is 3.56. The van der Waals surface area contributed by atoms with Crippen molar-refractivity contribution in [2.75, 3.05) is 14.2 Å². The van der Waals surface area contributed by atoms with Crippen LogP contribution >= 0.6 is 46.4 Å². The van der Waals surface area contributed by atoms with E-state index in [-0.39, 0.29) is 24.2 Å². The van der Waals surface area contributed by atoms with Gasteiger partial charge in [0.1, 0.15) is 15.7 Å². The first-order valence-corrected chi connectivity index (χ1v) is 8.26. The highest BCUT2D eigenvalue weighted by atomic mass is 35.5. The summed E-state index contributed by atoms with van der Waals surface area (Å²) in [6.07, 6.45) is 0.452. The highest BCUT2D eigenvalue weighted by Gasteiger charge is 2.31. The summed E-state index contributed by atoms with van der Waals surface area (Å²) in [4.78, 5) is 24.2. The quantitative estimate of drug-likeness (QED) is 0.477. The minimum absolute atomic E-state index is 0.140. The van der Waals surface area contributed by atoms with Crippen molar-refractivity contribution in [3.63, 3.8) is 0 Å². The van der Waals surface area contributed by atoms with Crippen LogP contribution in [0.25, 0.3) is 0 Å². The molecule has 8 heteroatoms. The summed E-state index contributed by atoms with van der Waals surface area (Å²) in [5.74, 6) is -1.13. The molecule has 0 rings (SSSR count). The van der Waals surface area contributed by atoms with E-state index < -0.39 is 21.7 Å². The summed E-state index contributed by atoms with van der Waals surface area (Å²) >= 11 is 23.1. The second-order valence-corrected chi connectivity index (χ2v) is 7.43. The van der Waals surface area contributed by atoms with Gasteiger partial charge in [-0.2, -0.15) is 0 Å². The third-order valence-corrected chi connectivity index (χ3v) is 5.01. The number of carbonyl (C=O) groups is 2. The van der Waals surface area contributed by atoms with Crippen LogP contribution < -0.4 is 0 Å². The zero-order chi connectivity index (χ0) is 16.7. The molecule has 124 valence electrons. The Morgan fingerprint density at radius 2 is 1.52 bits per heavy atom. The normalized spacial score (nSPS) is 15.7. The Hall–Kier alpha value is 0.1000. The molecule has 1 amide bonds. The van der Waals surface area contributed by atoms with Gasteiger partial charge in [-0.05, 0) is 18.3 Å². The fourth-order valence-electron chi connectivity index (χ4n) is 1.69. The van der Waals surface area contributed by atoms with E-state index in [1.165, 1.54) is 19.1 Å². The van der Waals surface area contributed by atoms with Crippen LogP contribution in [0.2, 0.25) is 0 Å². The maximum atomic E-state index is 12.2. The maximum absolute atomic E-state index is 12.2. The number of hydrogen-bond donors (Lipinski definition) is 0. The molecule has 0 spiro atoms. The Morgan fingerprint density at radius 3 is 1.90 bits per heavy atom. The van der Waals surface area contributed by atoms with Crippen LogP contribution in [-0.4, -0.2) is 46.6 Å². The zero-order valence-corrected chi connectivity index (χ0v) is 15.5. The number of hydrogen-bond acceptors (Lipinski definition) is 3. The number of carbonyl (C=O) groups excluding carboxylic acids is 2. The van der Waals surface area contributed by atoms with E-state index in [9.17, 15) is 9.59 Å².